The molecule has 0 radical (unpaired) electrons. The van der Waals surface area contributed by atoms with Gasteiger partial charge in [0.05, 0.1) is 0 Å². The molecule has 3 amide bonds. The van der Waals surface area contributed by atoms with E-state index in [0.717, 1.165) is 24.1 Å². The minimum absolute atomic E-state index is 0.0639. The maximum absolute atomic E-state index is 12.8. The summed E-state index contributed by atoms with van der Waals surface area (Å²) in [5.41, 5.74) is 2.11. The molecule has 164 valence electrons. The van der Waals surface area contributed by atoms with Gasteiger partial charge < -0.3 is 16.0 Å². The standard InChI is InChI=1S/C24H28ClN3O3/c1-15(2)13-21(28-23(30)18-7-9-19(25)10-8-18)24(31)26-14-16-3-11-20(12-4-16)27-22(29)17-5-6-17/h3-4,7-12,15,17,21H,5-6,13-14H2,1-2H3,(H,26,31)(H,27,29)(H,28,30). The van der Waals surface area contributed by atoms with Crippen LogP contribution in [0.1, 0.15) is 49.0 Å². The zero-order valence-electron chi connectivity index (χ0n) is 17.8. The van der Waals surface area contributed by atoms with Gasteiger partial charge in [0.25, 0.3) is 5.91 Å². The second-order valence-corrected chi connectivity index (χ2v) is 8.78. The first kappa shape index (κ1) is 22.8. The summed E-state index contributed by atoms with van der Waals surface area (Å²) in [6, 6.07) is 13.3. The summed E-state index contributed by atoms with van der Waals surface area (Å²) in [7, 11) is 0. The summed E-state index contributed by atoms with van der Waals surface area (Å²) in [6.45, 7) is 4.34. The van der Waals surface area contributed by atoms with Crippen molar-refractivity contribution in [3.05, 3.63) is 64.7 Å². The molecule has 0 saturated heterocycles. The van der Waals surface area contributed by atoms with Crippen LogP contribution in [0.15, 0.2) is 48.5 Å². The van der Waals surface area contributed by atoms with E-state index in [-0.39, 0.29) is 29.6 Å². The molecule has 1 unspecified atom stereocenters. The highest BCUT2D eigenvalue weighted by molar-refractivity contribution is 6.30. The fourth-order valence-electron chi connectivity index (χ4n) is 3.15. The van der Waals surface area contributed by atoms with E-state index in [2.05, 4.69) is 16.0 Å². The maximum atomic E-state index is 12.8. The summed E-state index contributed by atoms with van der Waals surface area (Å²) in [6.07, 6.45) is 2.45. The van der Waals surface area contributed by atoms with Crippen molar-refractivity contribution in [2.75, 3.05) is 5.32 Å². The summed E-state index contributed by atoms with van der Waals surface area (Å²) < 4.78 is 0. The van der Waals surface area contributed by atoms with Crippen LogP contribution in [-0.2, 0) is 16.1 Å². The molecule has 1 aliphatic carbocycles. The Morgan fingerprint density at radius 3 is 2.23 bits per heavy atom. The molecule has 1 saturated carbocycles. The molecular formula is C24H28ClN3O3. The van der Waals surface area contributed by atoms with Crippen molar-refractivity contribution in [2.45, 2.75) is 45.7 Å². The second kappa shape index (κ2) is 10.4. The molecule has 0 aliphatic heterocycles. The number of rotatable bonds is 9. The Bertz CT molecular complexity index is 922. The van der Waals surface area contributed by atoms with Crippen molar-refractivity contribution < 1.29 is 14.4 Å². The predicted molar refractivity (Wildman–Crippen MR) is 122 cm³/mol. The summed E-state index contributed by atoms with van der Waals surface area (Å²) in [4.78, 5) is 37.1. The monoisotopic (exact) mass is 441 g/mol. The first-order valence-corrected chi connectivity index (χ1v) is 10.9. The van der Waals surface area contributed by atoms with Gasteiger partial charge in [0.15, 0.2) is 0 Å². The van der Waals surface area contributed by atoms with E-state index >= 15 is 0 Å². The third kappa shape index (κ3) is 7.10. The van der Waals surface area contributed by atoms with E-state index in [1.54, 1.807) is 24.3 Å². The number of nitrogens with one attached hydrogen (secondary N) is 3. The van der Waals surface area contributed by atoms with Gasteiger partial charge in [-0.2, -0.15) is 0 Å². The third-order valence-electron chi connectivity index (χ3n) is 5.07. The molecule has 2 aromatic carbocycles. The lowest BCUT2D eigenvalue weighted by Gasteiger charge is -2.20. The predicted octanol–water partition coefficient (Wildman–Crippen LogP) is 4.15. The average molecular weight is 442 g/mol. The highest BCUT2D eigenvalue weighted by Crippen LogP contribution is 2.30. The molecule has 2 aromatic rings. The van der Waals surface area contributed by atoms with E-state index < -0.39 is 6.04 Å². The Morgan fingerprint density at radius 2 is 1.65 bits per heavy atom. The van der Waals surface area contributed by atoms with Gasteiger partial charge in [0.2, 0.25) is 11.8 Å². The highest BCUT2D eigenvalue weighted by atomic mass is 35.5. The van der Waals surface area contributed by atoms with Gasteiger partial charge in [-0.25, -0.2) is 0 Å². The number of anilines is 1. The number of amides is 3. The fourth-order valence-corrected chi connectivity index (χ4v) is 3.28. The number of benzene rings is 2. The van der Waals surface area contributed by atoms with Crippen molar-refractivity contribution >= 4 is 35.0 Å². The second-order valence-electron chi connectivity index (χ2n) is 8.34. The van der Waals surface area contributed by atoms with Crippen molar-refractivity contribution in [3.63, 3.8) is 0 Å². The Hall–Kier alpha value is -2.86. The van der Waals surface area contributed by atoms with Crippen LogP contribution in [0, 0.1) is 11.8 Å². The Kier molecular flexibility index (Phi) is 7.69. The lowest BCUT2D eigenvalue weighted by atomic mass is 10.0. The normalized spacial score (nSPS) is 14.1. The maximum Gasteiger partial charge on any atom is 0.251 e. The van der Waals surface area contributed by atoms with Crippen molar-refractivity contribution in [2.24, 2.45) is 11.8 Å². The van der Waals surface area contributed by atoms with Crippen molar-refractivity contribution in [3.8, 4) is 0 Å². The quantitative estimate of drug-likeness (QED) is 0.546. The zero-order chi connectivity index (χ0) is 22.4. The molecule has 1 fully saturated rings. The average Bonchev–Trinajstić information content (AvgIpc) is 3.58. The number of halogens is 1. The molecule has 1 atom stereocenters. The summed E-state index contributed by atoms with van der Waals surface area (Å²) in [5, 5.41) is 9.16. The van der Waals surface area contributed by atoms with Crippen LogP contribution in [0.2, 0.25) is 5.02 Å². The molecule has 1 aliphatic rings. The van der Waals surface area contributed by atoms with Crippen LogP contribution in [0.5, 0.6) is 0 Å². The van der Waals surface area contributed by atoms with E-state index in [1.165, 1.54) is 0 Å². The number of hydrogen-bond acceptors (Lipinski definition) is 3. The Labute approximate surface area is 187 Å². The van der Waals surface area contributed by atoms with Gasteiger partial charge in [-0.15, -0.1) is 0 Å². The summed E-state index contributed by atoms with van der Waals surface area (Å²) in [5.74, 6) is -0.0973. The zero-order valence-corrected chi connectivity index (χ0v) is 18.5. The summed E-state index contributed by atoms with van der Waals surface area (Å²) >= 11 is 5.88. The molecule has 3 rings (SSSR count). The van der Waals surface area contributed by atoms with Crippen LogP contribution in [0.4, 0.5) is 5.69 Å². The van der Waals surface area contributed by atoms with Gasteiger partial charge >= 0.3 is 0 Å². The molecule has 31 heavy (non-hydrogen) atoms. The third-order valence-corrected chi connectivity index (χ3v) is 5.32. The first-order valence-electron chi connectivity index (χ1n) is 10.6. The molecule has 3 N–H and O–H groups in total. The van der Waals surface area contributed by atoms with E-state index in [4.69, 9.17) is 11.6 Å². The van der Waals surface area contributed by atoms with Crippen LogP contribution in [0.3, 0.4) is 0 Å². The lowest BCUT2D eigenvalue weighted by molar-refractivity contribution is -0.123. The van der Waals surface area contributed by atoms with Crippen molar-refractivity contribution in [1.82, 2.24) is 10.6 Å². The van der Waals surface area contributed by atoms with Crippen LogP contribution in [0.25, 0.3) is 0 Å². The number of hydrogen-bond donors (Lipinski definition) is 3. The molecule has 0 spiro atoms. The van der Waals surface area contributed by atoms with Gasteiger partial charge in [-0.1, -0.05) is 37.6 Å². The number of carbonyl (C=O) groups is 3. The smallest absolute Gasteiger partial charge is 0.251 e. The largest absolute Gasteiger partial charge is 0.350 e. The minimum atomic E-state index is -0.639. The SMILES string of the molecule is CC(C)CC(NC(=O)c1ccc(Cl)cc1)C(=O)NCc1ccc(NC(=O)C2CC2)cc1. The topological polar surface area (TPSA) is 87.3 Å². The molecule has 0 heterocycles. The molecule has 6 nitrogen and oxygen atoms in total. The first-order chi connectivity index (χ1) is 14.8. The minimum Gasteiger partial charge on any atom is -0.350 e. The van der Waals surface area contributed by atoms with Crippen LogP contribution < -0.4 is 16.0 Å². The Morgan fingerprint density at radius 1 is 1.00 bits per heavy atom. The van der Waals surface area contributed by atoms with Gasteiger partial charge in [0.1, 0.15) is 6.04 Å². The lowest BCUT2D eigenvalue weighted by Crippen LogP contribution is -2.47. The molecule has 0 aromatic heterocycles. The van der Waals surface area contributed by atoms with Crippen LogP contribution >= 0.6 is 11.6 Å². The van der Waals surface area contributed by atoms with Gasteiger partial charge in [-0.3, -0.25) is 14.4 Å². The van der Waals surface area contributed by atoms with Gasteiger partial charge in [0, 0.05) is 28.7 Å². The fraction of sp³-hybridized carbons (Fsp3) is 0.375. The van der Waals surface area contributed by atoms with E-state index in [1.807, 2.05) is 38.1 Å². The molecular weight excluding hydrogens is 414 g/mol. The van der Waals surface area contributed by atoms with Crippen LogP contribution in [-0.4, -0.2) is 23.8 Å². The number of carbonyl (C=O) groups excluding carboxylic acids is 3. The van der Waals surface area contributed by atoms with Gasteiger partial charge in [-0.05, 0) is 67.1 Å². The molecule has 0 bridgehead atoms. The molecule has 7 heteroatoms. The Balaban J connectivity index is 1.55. The van der Waals surface area contributed by atoms with E-state index in [0.29, 0.717) is 23.6 Å². The highest BCUT2D eigenvalue weighted by Gasteiger charge is 2.29. The van der Waals surface area contributed by atoms with E-state index in [9.17, 15) is 14.4 Å². The van der Waals surface area contributed by atoms with Crippen molar-refractivity contribution in [1.29, 1.82) is 0 Å².